The molecule has 2 aromatic heterocycles. The van der Waals surface area contributed by atoms with Gasteiger partial charge in [0.25, 0.3) is 5.56 Å². The standard InChI is InChI=1S/C21H18N2O4S2/c1-12-17(20(25)27-3)18(15-8-5-9-28-15)23-19(24)16(29-21(23)22-12)11-13-6-4-7-14(10-13)26-2/h4-11,18H,1-3H3. The van der Waals surface area contributed by atoms with Crippen LogP contribution >= 0.6 is 22.7 Å². The number of allylic oxidation sites excluding steroid dienone is 1. The van der Waals surface area contributed by atoms with Gasteiger partial charge in [-0.2, -0.15) is 0 Å². The highest BCUT2D eigenvalue weighted by Crippen LogP contribution is 2.32. The largest absolute Gasteiger partial charge is 0.497 e. The van der Waals surface area contributed by atoms with Crippen LogP contribution in [0.4, 0.5) is 0 Å². The van der Waals surface area contributed by atoms with Crippen LogP contribution in [0.25, 0.3) is 6.08 Å². The summed E-state index contributed by atoms with van der Waals surface area (Å²) < 4.78 is 12.4. The zero-order chi connectivity index (χ0) is 20.5. The molecule has 0 amide bonds. The van der Waals surface area contributed by atoms with E-state index in [0.717, 1.165) is 10.4 Å². The van der Waals surface area contributed by atoms with Crippen LogP contribution in [0.3, 0.4) is 0 Å². The van der Waals surface area contributed by atoms with Crippen molar-refractivity contribution in [3.63, 3.8) is 0 Å². The molecule has 8 heteroatoms. The molecular formula is C21H18N2O4S2. The van der Waals surface area contributed by atoms with Gasteiger partial charge in [0, 0.05) is 4.88 Å². The number of thiophene rings is 1. The summed E-state index contributed by atoms with van der Waals surface area (Å²) in [4.78, 5) is 31.8. The lowest BCUT2D eigenvalue weighted by atomic mass is 10.0. The molecule has 0 bridgehead atoms. The number of esters is 1. The van der Waals surface area contributed by atoms with Crippen LogP contribution < -0.4 is 19.6 Å². The molecule has 0 radical (unpaired) electrons. The van der Waals surface area contributed by atoms with Gasteiger partial charge in [0.05, 0.1) is 30.0 Å². The lowest BCUT2D eigenvalue weighted by Gasteiger charge is -2.22. The number of rotatable bonds is 4. The van der Waals surface area contributed by atoms with Gasteiger partial charge < -0.3 is 9.47 Å². The van der Waals surface area contributed by atoms with Crippen molar-refractivity contribution in [2.75, 3.05) is 14.2 Å². The molecule has 29 heavy (non-hydrogen) atoms. The molecule has 1 aliphatic heterocycles. The van der Waals surface area contributed by atoms with E-state index in [1.165, 1.54) is 29.8 Å². The van der Waals surface area contributed by atoms with Gasteiger partial charge in [-0.05, 0) is 42.1 Å². The number of ether oxygens (including phenoxy) is 2. The quantitative estimate of drug-likeness (QED) is 0.601. The fraction of sp³-hybridized carbons (Fsp3) is 0.190. The zero-order valence-electron chi connectivity index (χ0n) is 16.0. The number of thiazole rings is 1. The second-order valence-corrected chi connectivity index (χ2v) is 8.35. The maximum absolute atomic E-state index is 13.3. The lowest BCUT2D eigenvalue weighted by molar-refractivity contribution is -0.136. The third-order valence-electron chi connectivity index (χ3n) is 4.63. The SMILES string of the molecule is COC(=O)C1=C(C)N=c2sc(=Cc3cccc(OC)c3)c(=O)n2C1c1cccs1. The average molecular weight is 427 g/mol. The number of hydrogen-bond donors (Lipinski definition) is 0. The van der Waals surface area contributed by atoms with Crippen LogP contribution in [0.5, 0.6) is 5.75 Å². The van der Waals surface area contributed by atoms with Gasteiger partial charge in [0.2, 0.25) is 0 Å². The summed E-state index contributed by atoms with van der Waals surface area (Å²) in [6.45, 7) is 1.77. The molecule has 0 saturated carbocycles. The van der Waals surface area contributed by atoms with Crippen molar-refractivity contribution in [1.29, 1.82) is 0 Å². The van der Waals surface area contributed by atoms with Gasteiger partial charge in [-0.1, -0.05) is 29.5 Å². The van der Waals surface area contributed by atoms with Gasteiger partial charge in [0.15, 0.2) is 4.80 Å². The first kappa shape index (κ1) is 19.4. The van der Waals surface area contributed by atoms with E-state index < -0.39 is 12.0 Å². The van der Waals surface area contributed by atoms with Gasteiger partial charge in [-0.15, -0.1) is 11.3 Å². The van der Waals surface area contributed by atoms with Crippen molar-refractivity contribution in [1.82, 2.24) is 4.57 Å². The molecule has 0 aliphatic carbocycles. The first-order valence-electron chi connectivity index (χ1n) is 8.82. The minimum atomic E-state index is -0.550. The minimum absolute atomic E-state index is 0.191. The molecule has 0 fully saturated rings. The Balaban J connectivity index is 1.95. The number of nitrogens with zero attached hydrogens (tertiary/aromatic N) is 2. The Morgan fingerprint density at radius 2 is 2.07 bits per heavy atom. The highest BCUT2D eigenvalue weighted by molar-refractivity contribution is 7.10. The average Bonchev–Trinajstić information content (AvgIpc) is 3.35. The van der Waals surface area contributed by atoms with Crippen LogP contribution in [-0.2, 0) is 9.53 Å². The predicted molar refractivity (Wildman–Crippen MR) is 113 cm³/mol. The van der Waals surface area contributed by atoms with E-state index in [1.54, 1.807) is 18.6 Å². The molecule has 0 saturated heterocycles. The molecule has 0 N–H and O–H groups in total. The monoisotopic (exact) mass is 426 g/mol. The lowest BCUT2D eigenvalue weighted by Crippen LogP contribution is -2.39. The maximum Gasteiger partial charge on any atom is 0.338 e. The number of aromatic nitrogens is 1. The summed E-state index contributed by atoms with van der Waals surface area (Å²) in [5, 5.41) is 1.92. The van der Waals surface area contributed by atoms with Crippen molar-refractivity contribution in [3.8, 4) is 5.75 Å². The number of hydrogen-bond acceptors (Lipinski definition) is 7. The van der Waals surface area contributed by atoms with Crippen LogP contribution in [0.2, 0.25) is 0 Å². The molecule has 0 spiro atoms. The number of methoxy groups -OCH3 is 2. The Morgan fingerprint density at radius 1 is 1.24 bits per heavy atom. The summed E-state index contributed by atoms with van der Waals surface area (Å²) in [6.07, 6.45) is 1.81. The van der Waals surface area contributed by atoms with Crippen molar-refractivity contribution >= 4 is 34.7 Å². The van der Waals surface area contributed by atoms with Crippen molar-refractivity contribution < 1.29 is 14.3 Å². The molecule has 3 aromatic rings. The van der Waals surface area contributed by atoms with E-state index >= 15 is 0 Å². The van der Waals surface area contributed by atoms with E-state index in [9.17, 15) is 9.59 Å². The van der Waals surface area contributed by atoms with Crippen molar-refractivity contribution in [2.45, 2.75) is 13.0 Å². The Kier molecular flexibility index (Phi) is 5.21. The van der Waals surface area contributed by atoms with Gasteiger partial charge >= 0.3 is 5.97 Å². The Labute approximate surface area is 174 Å². The Hall–Kier alpha value is -2.97. The minimum Gasteiger partial charge on any atom is -0.497 e. The van der Waals surface area contributed by atoms with E-state index in [4.69, 9.17) is 9.47 Å². The number of carbonyl (C=O) groups is 1. The van der Waals surface area contributed by atoms with Crippen LogP contribution in [0.1, 0.15) is 23.4 Å². The van der Waals surface area contributed by atoms with E-state index in [1.807, 2.05) is 47.9 Å². The smallest absolute Gasteiger partial charge is 0.338 e. The predicted octanol–water partition coefficient (Wildman–Crippen LogP) is 2.48. The third-order valence-corrected chi connectivity index (χ3v) is 6.54. The topological polar surface area (TPSA) is 69.9 Å². The maximum atomic E-state index is 13.3. The summed E-state index contributed by atoms with van der Waals surface area (Å²) in [6, 6.07) is 10.7. The number of benzene rings is 1. The van der Waals surface area contributed by atoms with Gasteiger partial charge in [-0.3, -0.25) is 9.36 Å². The van der Waals surface area contributed by atoms with Gasteiger partial charge in [-0.25, -0.2) is 9.79 Å². The summed E-state index contributed by atoms with van der Waals surface area (Å²) in [5.74, 6) is 0.235. The second kappa shape index (κ2) is 7.81. The highest BCUT2D eigenvalue weighted by atomic mass is 32.1. The summed E-state index contributed by atoms with van der Waals surface area (Å²) in [7, 11) is 2.94. The summed E-state index contributed by atoms with van der Waals surface area (Å²) >= 11 is 2.79. The molecule has 1 atom stereocenters. The molecule has 148 valence electrons. The molecule has 1 unspecified atom stereocenters. The fourth-order valence-corrected chi connectivity index (χ4v) is 5.16. The number of fused-ring (bicyclic) bond motifs is 1. The molecule has 1 aromatic carbocycles. The van der Waals surface area contributed by atoms with E-state index in [-0.39, 0.29) is 5.56 Å². The molecular weight excluding hydrogens is 408 g/mol. The van der Waals surface area contributed by atoms with E-state index in [2.05, 4.69) is 4.99 Å². The first-order chi connectivity index (χ1) is 14.0. The van der Waals surface area contributed by atoms with Crippen LogP contribution in [-0.4, -0.2) is 24.8 Å². The van der Waals surface area contributed by atoms with Crippen LogP contribution in [0, 0.1) is 0 Å². The van der Waals surface area contributed by atoms with Crippen molar-refractivity contribution in [3.05, 3.63) is 83.2 Å². The van der Waals surface area contributed by atoms with E-state index in [0.29, 0.717) is 26.4 Å². The normalized spacial score (nSPS) is 16.4. The van der Waals surface area contributed by atoms with Crippen LogP contribution in [0.15, 0.2) is 62.8 Å². The zero-order valence-corrected chi connectivity index (χ0v) is 17.7. The molecule has 1 aliphatic rings. The number of carbonyl (C=O) groups excluding carboxylic acids is 1. The fourth-order valence-electron chi connectivity index (χ4n) is 3.29. The molecule has 3 heterocycles. The highest BCUT2D eigenvalue weighted by Gasteiger charge is 2.33. The summed E-state index contributed by atoms with van der Waals surface area (Å²) in [5.41, 5.74) is 1.61. The first-order valence-corrected chi connectivity index (χ1v) is 10.5. The molecule has 6 nitrogen and oxygen atoms in total. The Bertz CT molecular complexity index is 1280. The third kappa shape index (κ3) is 3.45. The second-order valence-electron chi connectivity index (χ2n) is 6.37. The van der Waals surface area contributed by atoms with Gasteiger partial charge in [0.1, 0.15) is 11.8 Å². The molecule has 4 rings (SSSR count). The Morgan fingerprint density at radius 3 is 2.76 bits per heavy atom. The van der Waals surface area contributed by atoms with Crippen molar-refractivity contribution in [2.24, 2.45) is 4.99 Å².